The van der Waals surface area contributed by atoms with E-state index < -0.39 is 34.5 Å². The molecule has 0 aromatic heterocycles. The van der Waals surface area contributed by atoms with Crippen molar-refractivity contribution in [3.63, 3.8) is 0 Å². The molecule has 0 saturated heterocycles. The maximum Gasteiger partial charge on any atom is 0.304 e. The highest BCUT2D eigenvalue weighted by Crippen LogP contribution is 2.26. The minimum atomic E-state index is -4.26. The van der Waals surface area contributed by atoms with Crippen LogP contribution in [0.1, 0.15) is 38.7 Å². The van der Waals surface area contributed by atoms with Crippen LogP contribution in [0, 0.1) is 5.82 Å². The van der Waals surface area contributed by atoms with Crippen LogP contribution in [0.25, 0.3) is 0 Å². The van der Waals surface area contributed by atoms with Crippen LogP contribution in [0.15, 0.2) is 42.5 Å². The number of rotatable bonds is 13. The molecule has 0 fully saturated rings. The molecule has 0 aliphatic heterocycles. The lowest BCUT2D eigenvalue weighted by atomic mass is 10.1. The van der Waals surface area contributed by atoms with Crippen LogP contribution in [0.3, 0.4) is 0 Å². The molecular weight excluding hydrogens is 542 g/mol. The number of benzene rings is 2. The number of nitrogens with one attached hydrogen (secondary N) is 1. The van der Waals surface area contributed by atoms with Gasteiger partial charge in [0, 0.05) is 27.2 Å². The summed E-state index contributed by atoms with van der Waals surface area (Å²) in [5.41, 5.74) is 0.315. The molecule has 2 rings (SSSR count). The molecule has 0 spiro atoms. The molecule has 2 aromatic rings. The maximum absolute atomic E-state index is 14.7. The normalized spacial score (nSPS) is 12.3. The molecule has 2 amide bonds. The van der Waals surface area contributed by atoms with Crippen molar-refractivity contribution >= 4 is 50.9 Å². The zero-order valence-corrected chi connectivity index (χ0v) is 23.7. The predicted octanol–water partition coefficient (Wildman–Crippen LogP) is 4.47. The van der Waals surface area contributed by atoms with E-state index in [9.17, 15) is 22.4 Å². The fraction of sp³-hybridized carbons (Fsp3) is 0.440. The number of amides is 2. The molecule has 8 nitrogen and oxygen atoms in total. The van der Waals surface area contributed by atoms with Crippen molar-refractivity contribution < 1.29 is 22.4 Å². The van der Waals surface area contributed by atoms with Crippen molar-refractivity contribution in [2.75, 3.05) is 31.5 Å². The largest absolute Gasteiger partial charge is 0.354 e. The van der Waals surface area contributed by atoms with Gasteiger partial charge < -0.3 is 10.2 Å². The Morgan fingerprint density at radius 3 is 2.30 bits per heavy atom. The molecule has 2 aromatic carbocycles. The van der Waals surface area contributed by atoms with E-state index in [0.29, 0.717) is 21.4 Å². The summed E-state index contributed by atoms with van der Waals surface area (Å²) in [6, 6.07) is 9.22. The Morgan fingerprint density at radius 1 is 1.05 bits per heavy atom. The van der Waals surface area contributed by atoms with E-state index in [1.807, 2.05) is 6.92 Å². The van der Waals surface area contributed by atoms with Crippen LogP contribution in [-0.4, -0.2) is 62.7 Å². The van der Waals surface area contributed by atoms with E-state index in [1.165, 1.54) is 37.2 Å². The Hall–Kier alpha value is -2.40. The molecule has 0 saturated carbocycles. The minimum absolute atomic E-state index is 0.0391. The van der Waals surface area contributed by atoms with E-state index in [2.05, 4.69) is 5.32 Å². The number of carbonyl (C=O) groups is 2. The molecular formula is C25H33Cl2FN4O4S. The second kappa shape index (κ2) is 13.9. The fourth-order valence-electron chi connectivity index (χ4n) is 3.62. The lowest BCUT2D eigenvalue weighted by Gasteiger charge is -2.34. The van der Waals surface area contributed by atoms with Gasteiger partial charge in [-0.1, -0.05) is 61.7 Å². The van der Waals surface area contributed by atoms with Gasteiger partial charge in [0.25, 0.3) is 0 Å². The lowest BCUT2D eigenvalue weighted by Crippen LogP contribution is -2.53. The van der Waals surface area contributed by atoms with Gasteiger partial charge in [0.1, 0.15) is 18.4 Å². The number of unbranched alkanes of at least 4 members (excludes halogenated alkanes) is 1. The summed E-state index contributed by atoms with van der Waals surface area (Å²) in [7, 11) is -1.68. The first-order valence-corrected chi connectivity index (χ1v) is 14.0. The average Bonchev–Trinajstić information content (AvgIpc) is 2.85. The van der Waals surface area contributed by atoms with E-state index in [1.54, 1.807) is 25.1 Å². The van der Waals surface area contributed by atoms with Crippen LogP contribution in [0.2, 0.25) is 10.0 Å². The van der Waals surface area contributed by atoms with Gasteiger partial charge in [-0.25, -0.2) is 8.70 Å². The summed E-state index contributed by atoms with van der Waals surface area (Å²) in [6.07, 6.45) is 1.92. The minimum Gasteiger partial charge on any atom is -0.354 e. The zero-order chi connectivity index (χ0) is 27.8. The molecule has 0 radical (unpaired) electrons. The van der Waals surface area contributed by atoms with E-state index in [-0.39, 0.29) is 29.6 Å². The standard InChI is InChI=1S/C25H33Cl2FN4O4S/c1-5-7-14-29-25(34)22(6-2)31(16-18-12-13-19(26)20(27)15-18)24(33)17-32(37(35,36)30(3)4)23-11-9-8-10-21(23)28/h8-13,15,22H,5-7,14,16-17H2,1-4H3,(H,29,34)/t22-/m1/s1. The first-order chi connectivity index (χ1) is 17.4. The van der Waals surface area contributed by atoms with E-state index in [4.69, 9.17) is 23.2 Å². The monoisotopic (exact) mass is 574 g/mol. The van der Waals surface area contributed by atoms with E-state index >= 15 is 0 Å². The Balaban J connectivity index is 2.51. The van der Waals surface area contributed by atoms with Gasteiger partial charge >= 0.3 is 10.2 Å². The third-order valence-electron chi connectivity index (χ3n) is 5.69. The lowest BCUT2D eigenvalue weighted by molar-refractivity contribution is -0.140. The van der Waals surface area contributed by atoms with Gasteiger partial charge in [0.15, 0.2) is 0 Å². The summed E-state index contributed by atoms with van der Waals surface area (Å²) >= 11 is 12.2. The van der Waals surface area contributed by atoms with Crippen LogP contribution >= 0.6 is 23.2 Å². The Labute approximate surface area is 228 Å². The van der Waals surface area contributed by atoms with Crippen LogP contribution in [0.4, 0.5) is 10.1 Å². The summed E-state index contributed by atoms with van der Waals surface area (Å²) < 4.78 is 42.6. The quantitative estimate of drug-likeness (QED) is 0.357. The highest BCUT2D eigenvalue weighted by molar-refractivity contribution is 7.90. The first kappa shape index (κ1) is 30.8. The van der Waals surface area contributed by atoms with Gasteiger partial charge in [-0.3, -0.25) is 9.59 Å². The molecule has 0 unspecified atom stereocenters. The molecule has 0 heterocycles. The number of halogens is 3. The third-order valence-corrected chi connectivity index (χ3v) is 8.24. The van der Waals surface area contributed by atoms with Gasteiger partial charge in [0.2, 0.25) is 11.8 Å². The maximum atomic E-state index is 14.7. The summed E-state index contributed by atoms with van der Waals surface area (Å²) in [5.74, 6) is -1.85. The Kier molecular flexibility index (Phi) is 11.6. The van der Waals surface area contributed by atoms with Crippen molar-refractivity contribution in [1.29, 1.82) is 0 Å². The number of nitrogens with zero attached hydrogens (tertiary/aromatic N) is 3. The van der Waals surface area contributed by atoms with Crippen LogP contribution in [-0.2, 0) is 26.3 Å². The molecule has 0 aliphatic rings. The first-order valence-electron chi connectivity index (χ1n) is 11.9. The summed E-state index contributed by atoms with van der Waals surface area (Å²) in [6.45, 7) is 3.43. The number of hydrogen-bond acceptors (Lipinski definition) is 4. The van der Waals surface area contributed by atoms with Crippen LogP contribution < -0.4 is 9.62 Å². The van der Waals surface area contributed by atoms with Gasteiger partial charge in [-0.15, -0.1) is 0 Å². The van der Waals surface area contributed by atoms with Crippen molar-refractivity contribution in [2.45, 2.75) is 45.7 Å². The second-order valence-corrected chi connectivity index (χ2v) is 11.5. The van der Waals surface area contributed by atoms with Gasteiger partial charge in [-0.05, 0) is 42.7 Å². The molecule has 12 heteroatoms. The van der Waals surface area contributed by atoms with Crippen molar-refractivity contribution in [2.24, 2.45) is 0 Å². The van der Waals surface area contributed by atoms with Gasteiger partial charge in [0.05, 0.1) is 15.7 Å². The number of hydrogen-bond donors (Lipinski definition) is 1. The smallest absolute Gasteiger partial charge is 0.304 e. The molecule has 37 heavy (non-hydrogen) atoms. The molecule has 0 aliphatic carbocycles. The van der Waals surface area contributed by atoms with Crippen LogP contribution in [0.5, 0.6) is 0 Å². The highest BCUT2D eigenvalue weighted by Gasteiger charge is 2.34. The summed E-state index contributed by atoms with van der Waals surface area (Å²) in [5, 5.41) is 3.44. The highest BCUT2D eigenvalue weighted by atomic mass is 35.5. The Bertz CT molecular complexity index is 1200. The number of para-hydroxylation sites is 1. The van der Waals surface area contributed by atoms with E-state index in [0.717, 1.165) is 23.2 Å². The average molecular weight is 576 g/mol. The molecule has 1 N–H and O–H groups in total. The second-order valence-electron chi connectivity index (χ2n) is 8.59. The Morgan fingerprint density at radius 2 is 1.73 bits per heavy atom. The fourth-order valence-corrected chi connectivity index (χ4v) is 5.00. The van der Waals surface area contributed by atoms with Gasteiger partial charge in [-0.2, -0.15) is 12.7 Å². The number of anilines is 1. The molecule has 0 bridgehead atoms. The SMILES string of the molecule is CCCCNC(=O)[C@@H](CC)N(Cc1ccc(Cl)c(Cl)c1)C(=O)CN(c1ccccc1F)S(=O)(=O)N(C)C. The summed E-state index contributed by atoms with van der Waals surface area (Å²) in [4.78, 5) is 28.1. The topological polar surface area (TPSA) is 90.0 Å². The van der Waals surface area contributed by atoms with Crippen molar-refractivity contribution in [3.05, 3.63) is 63.9 Å². The number of carbonyl (C=O) groups excluding carboxylic acids is 2. The molecule has 1 atom stereocenters. The third kappa shape index (κ3) is 8.04. The van der Waals surface area contributed by atoms with Crippen molar-refractivity contribution in [3.8, 4) is 0 Å². The predicted molar refractivity (Wildman–Crippen MR) is 145 cm³/mol. The molecule has 204 valence electrons. The zero-order valence-electron chi connectivity index (χ0n) is 21.4. The van der Waals surface area contributed by atoms with Crippen molar-refractivity contribution in [1.82, 2.24) is 14.5 Å².